The first-order chi connectivity index (χ1) is 13.9. The van der Waals surface area contributed by atoms with Crippen LogP contribution in [-0.4, -0.2) is 11.8 Å². The molecule has 0 unspecified atom stereocenters. The molecule has 8 heteroatoms. The number of fused-ring (bicyclic) bond motifs is 1. The Labute approximate surface area is 175 Å². The molecule has 0 radical (unpaired) electrons. The van der Waals surface area contributed by atoms with Crippen LogP contribution in [0.2, 0.25) is 10.0 Å². The number of hydrogen-bond acceptors (Lipinski definition) is 4. The number of carbonyl (C=O) groups excluding carboxylic acids is 2. The van der Waals surface area contributed by atoms with Crippen molar-refractivity contribution in [2.75, 3.05) is 10.6 Å². The summed E-state index contributed by atoms with van der Waals surface area (Å²) in [5.41, 5.74) is 2.11. The van der Waals surface area contributed by atoms with Crippen molar-refractivity contribution in [3.63, 3.8) is 0 Å². The highest BCUT2D eigenvalue weighted by Crippen LogP contribution is 2.30. The maximum atomic E-state index is 12.7. The Hall–Kier alpha value is -3.22. The minimum Gasteiger partial charge on any atom is -0.459 e. The Morgan fingerprint density at radius 3 is 2.52 bits per heavy atom. The standard InChI is InChI=1S/C21H14Cl2N2O4/c1-11-14-9-12(22)4-7-17(14)29-19(11)21(27)24-13-5-6-16(15(23)10-13)25-20(26)18-3-2-8-28-18/h2-10H,1H3,(H,24,27)(H,25,26). The topological polar surface area (TPSA) is 84.5 Å². The molecule has 146 valence electrons. The molecule has 0 atom stereocenters. The van der Waals surface area contributed by atoms with Crippen LogP contribution in [0.3, 0.4) is 0 Å². The maximum absolute atomic E-state index is 12.7. The second kappa shape index (κ2) is 7.66. The van der Waals surface area contributed by atoms with E-state index in [2.05, 4.69) is 10.6 Å². The SMILES string of the molecule is Cc1c(C(=O)Nc2ccc(NC(=O)c3ccco3)c(Cl)c2)oc2ccc(Cl)cc12. The predicted molar refractivity (Wildman–Crippen MR) is 112 cm³/mol. The molecular formula is C21H14Cl2N2O4. The Balaban J connectivity index is 1.52. The van der Waals surface area contributed by atoms with Gasteiger partial charge in [-0.1, -0.05) is 23.2 Å². The zero-order chi connectivity index (χ0) is 20.5. The average molecular weight is 429 g/mol. The molecule has 6 nitrogen and oxygen atoms in total. The number of halogens is 2. The molecule has 0 aliphatic heterocycles. The number of hydrogen-bond donors (Lipinski definition) is 2. The van der Waals surface area contributed by atoms with Gasteiger partial charge in [-0.2, -0.15) is 0 Å². The van der Waals surface area contributed by atoms with Crippen LogP contribution in [0.15, 0.2) is 63.6 Å². The minimum atomic E-state index is -0.426. The number of carbonyl (C=O) groups is 2. The van der Waals surface area contributed by atoms with Gasteiger partial charge in [0.2, 0.25) is 0 Å². The first-order valence-corrected chi connectivity index (χ1v) is 9.32. The Bertz CT molecular complexity index is 1230. The van der Waals surface area contributed by atoms with Crippen molar-refractivity contribution in [3.05, 3.63) is 81.9 Å². The van der Waals surface area contributed by atoms with E-state index in [1.165, 1.54) is 12.3 Å². The predicted octanol–water partition coefficient (Wildman–Crippen LogP) is 6.15. The smallest absolute Gasteiger partial charge is 0.291 e. The molecule has 4 aromatic rings. The van der Waals surface area contributed by atoms with E-state index >= 15 is 0 Å². The van der Waals surface area contributed by atoms with Crippen LogP contribution in [-0.2, 0) is 0 Å². The van der Waals surface area contributed by atoms with Crippen LogP contribution in [0.1, 0.15) is 26.7 Å². The second-order valence-electron chi connectivity index (χ2n) is 6.28. The van der Waals surface area contributed by atoms with Crippen LogP contribution in [0.4, 0.5) is 11.4 Å². The largest absolute Gasteiger partial charge is 0.459 e. The number of aryl methyl sites for hydroxylation is 1. The van der Waals surface area contributed by atoms with E-state index in [1.807, 2.05) is 0 Å². The van der Waals surface area contributed by atoms with Crippen molar-refractivity contribution in [1.82, 2.24) is 0 Å². The Morgan fingerprint density at radius 2 is 1.79 bits per heavy atom. The molecule has 0 fully saturated rings. The molecular weight excluding hydrogens is 415 g/mol. The first-order valence-electron chi connectivity index (χ1n) is 8.57. The number of benzene rings is 2. The van der Waals surface area contributed by atoms with E-state index in [9.17, 15) is 9.59 Å². The highest BCUT2D eigenvalue weighted by atomic mass is 35.5. The van der Waals surface area contributed by atoms with Gasteiger partial charge in [0.15, 0.2) is 11.5 Å². The van der Waals surface area contributed by atoms with Crippen LogP contribution in [0.5, 0.6) is 0 Å². The second-order valence-corrected chi connectivity index (χ2v) is 7.12. The van der Waals surface area contributed by atoms with Gasteiger partial charge in [0, 0.05) is 21.7 Å². The number of nitrogens with one attached hydrogen (secondary N) is 2. The maximum Gasteiger partial charge on any atom is 0.291 e. The van der Waals surface area contributed by atoms with E-state index in [1.54, 1.807) is 49.4 Å². The summed E-state index contributed by atoms with van der Waals surface area (Å²) < 4.78 is 10.7. The third kappa shape index (κ3) is 3.85. The molecule has 29 heavy (non-hydrogen) atoms. The van der Waals surface area contributed by atoms with Crippen molar-refractivity contribution < 1.29 is 18.4 Å². The molecule has 2 aromatic carbocycles. The van der Waals surface area contributed by atoms with Gasteiger partial charge in [-0.05, 0) is 55.5 Å². The van der Waals surface area contributed by atoms with Crippen molar-refractivity contribution in [3.8, 4) is 0 Å². The zero-order valence-electron chi connectivity index (χ0n) is 15.1. The van der Waals surface area contributed by atoms with Gasteiger partial charge < -0.3 is 19.5 Å². The molecule has 2 N–H and O–H groups in total. The highest BCUT2D eigenvalue weighted by molar-refractivity contribution is 6.34. The van der Waals surface area contributed by atoms with Gasteiger partial charge in [-0.3, -0.25) is 9.59 Å². The molecule has 0 saturated carbocycles. The van der Waals surface area contributed by atoms with Gasteiger partial charge in [0.1, 0.15) is 5.58 Å². The molecule has 0 bridgehead atoms. The Kier molecular flexibility index (Phi) is 5.05. The fraction of sp³-hybridized carbons (Fsp3) is 0.0476. The van der Waals surface area contributed by atoms with Gasteiger partial charge in [-0.25, -0.2) is 0 Å². The molecule has 2 aromatic heterocycles. The number of amides is 2. The summed E-state index contributed by atoms with van der Waals surface area (Å²) in [6, 6.07) is 13.1. The zero-order valence-corrected chi connectivity index (χ0v) is 16.6. The molecule has 0 saturated heterocycles. The lowest BCUT2D eigenvalue weighted by Crippen LogP contribution is -2.13. The summed E-state index contributed by atoms with van der Waals surface area (Å²) in [5, 5.41) is 6.99. The monoisotopic (exact) mass is 428 g/mol. The van der Waals surface area contributed by atoms with E-state index in [0.29, 0.717) is 27.5 Å². The van der Waals surface area contributed by atoms with Crippen molar-refractivity contribution >= 4 is 57.4 Å². The van der Waals surface area contributed by atoms with E-state index in [4.69, 9.17) is 32.0 Å². The number of rotatable bonds is 4. The lowest BCUT2D eigenvalue weighted by Gasteiger charge is -2.09. The van der Waals surface area contributed by atoms with Crippen LogP contribution in [0.25, 0.3) is 11.0 Å². The molecule has 0 aliphatic rings. The lowest BCUT2D eigenvalue weighted by atomic mass is 10.1. The van der Waals surface area contributed by atoms with Gasteiger partial charge in [-0.15, -0.1) is 0 Å². The molecule has 4 rings (SSSR count). The van der Waals surface area contributed by atoms with Crippen molar-refractivity contribution in [1.29, 1.82) is 0 Å². The van der Waals surface area contributed by atoms with Crippen molar-refractivity contribution in [2.24, 2.45) is 0 Å². The van der Waals surface area contributed by atoms with Crippen LogP contribution < -0.4 is 10.6 Å². The quantitative estimate of drug-likeness (QED) is 0.408. The van der Waals surface area contributed by atoms with Crippen molar-refractivity contribution in [2.45, 2.75) is 6.92 Å². The van der Waals surface area contributed by atoms with Crippen LogP contribution in [0, 0.1) is 6.92 Å². The lowest BCUT2D eigenvalue weighted by molar-refractivity contribution is 0.0989. The number of furan rings is 2. The van der Waals surface area contributed by atoms with E-state index in [-0.39, 0.29) is 16.5 Å². The summed E-state index contributed by atoms with van der Waals surface area (Å²) in [6.45, 7) is 1.79. The summed E-state index contributed by atoms with van der Waals surface area (Å²) in [7, 11) is 0. The first kappa shape index (κ1) is 19.1. The summed E-state index contributed by atoms with van der Waals surface area (Å²) in [4.78, 5) is 24.7. The molecule has 0 spiro atoms. The third-order valence-electron chi connectivity index (χ3n) is 4.32. The minimum absolute atomic E-state index is 0.166. The normalized spacial score (nSPS) is 10.9. The van der Waals surface area contributed by atoms with Crippen LogP contribution >= 0.6 is 23.2 Å². The third-order valence-corrected chi connectivity index (χ3v) is 4.87. The molecule has 0 aliphatic carbocycles. The summed E-state index contributed by atoms with van der Waals surface area (Å²) in [6.07, 6.45) is 1.41. The highest BCUT2D eigenvalue weighted by Gasteiger charge is 2.19. The van der Waals surface area contributed by atoms with E-state index < -0.39 is 11.8 Å². The van der Waals surface area contributed by atoms with Gasteiger partial charge in [0.05, 0.1) is 17.0 Å². The molecule has 2 amide bonds. The van der Waals surface area contributed by atoms with Gasteiger partial charge >= 0.3 is 0 Å². The molecule has 2 heterocycles. The fourth-order valence-corrected chi connectivity index (χ4v) is 3.28. The fourth-order valence-electron chi connectivity index (χ4n) is 2.88. The average Bonchev–Trinajstić information content (AvgIpc) is 3.33. The Morgan fingerprint density at radius 1 is 0.966 bits per heavy atom. The summed E-state index contributed by atoms with van der Waals surface area (Å²) in [5.74, 6) is -0.490. The van der Waals surface area contributed by atoms with E-state index in [0.717, 1.165) is 5.39 Å². The summed E-state index contributed by atoms with van der Waals surface area (Å²) >= 11 is 12.3. The number of anilines is 2. The van der Waals surface area contributed by atoms with Gasteiger partial charge in [0.25, 0.3) is 11.8 Å².